The predicted molar refractivity (Wildman–Crippen MR) is 308 cm³/mol. The molecule has 480 valence electrons. The van der Waals surface area contributed by atoms with Crippen LogP contribution in [0.4, 0.5) is 0 Å². The highest BCUT2D eigenvalue weighted by Gasteiger charge is 2.58. The van der Waals surface area contributed by atoms with E-state index in [0.29, 0.717) is 36.8 Å². The first-order valence-corrected chi connectivity index (χ1v) is 30.7. The normalized spacial score (nSPS) is 44.5. The summed E-state index contributed by atoms with van der Waals surface area (Å²) < 4.78 is 62.8. The van der Waals surface area contributed by atoms with Gasteiger partial charge in [0.05, 0.1) is 92.2 Å². The number of allylic oxidation sites excluding steroid dienone is 3. The maximum Gasteiger partial charge on any atom is 0.309 e. The lowest BCUT2D eigenvalue weighted by Crippen LogP contribution is -2.65. The van der Waals surface area contributed by atoms with Crippen LogP contribution in [0.5, 0.6) is 0 Å². The van der Waals surface area contributed by atoms with E-state index in [0.717, 1.165) is 0 Å². The van der Waals surface area contributed by atoms with Crippen molar-refractivity contribution >= 4 is 35.3 Å². The predicted octanol–water partition coefficient (Wildman–Crippen LogP) is 5.77. The van der Waals surface area contributed by atoms with Crippen molar-refractivity contribution < 1.29 is 102 Å². The molecule has 22 heteroatoms. The second-order valence-electron chi connectivity index (χ2n) is 25.9. The van der Waals surface area contributed by atoms with E-state index in [1.54, 1.807) is 41.7 Å². The van der Waals surface area contributed by atoms with E-state index in [1.807, 2.05) is 12.2 Å². The van der Waals surface area contributed by atoms with E-state index in [-0.39, 0.29) is 81.4 Å². The summed E-state index contributed by atoms with van der Waals surface area (Å²) in [6.07, 6.45) is -7.86. The van der Waals surface area contributed by atoms with Gasteiger partial charge in [-0.15, -0.1) is 0 Å². The molecule has 0 saturated carbocycles. The highest BCUT2D eigenvalue weighted by molar-refractivity contribution is 6.30. The molecule has 2 spiro atoms. The molecule has 24 unspecified atom stereocenters. The molecule has 0 amide bonds. The molecule has 0 aromatic rings. The summed E-state index contributed by atoms with van der Waals surface area (Å²) in [6, 6.07) is 0. The van der Waals surface area contributed by atoms with Gasteiger partial charge in [-0.1, -0.05) is 88.4 Å². The quantitative estimate of drug-likeness (QED) is 0.0624. The van der Waals surface area contributed by atoms with Crippen molar-refractivity contribution in [1.29, 1.82) is 0 Å². The summed E-state index contributed by atoms with van der Waals surface area (Å²) >= 11 is 5.89. The highest BCUT2D eigenvalue weighted by atomic mass is 35.5. The molecule has 7 N–H and O–H groups in total. The van der Waals surface area contributed by atoms with Crippen LogP contribution in [-0.4, -0.2) is 188 Å². The Morgan fingerprint density at radius 1 is 0.835 bits per heavy atom. The van der Waals surface area contributed by atoms with Crippen LogP contribution in [0, 0.1) is 29.6 Å². The van der Waals surface area contributed by atoms with Crippen molar-refractivity contribution in [2.75, 3.05) is 14.2 Å². The van der Waals surface area contributed by atoms with Gasteiger partial charge in [-0.3, -0.25) is 19.2 Å². The van der Waals surface area contributed by atoms with Crippen LogP contribution in [0.3, 0.4) is 0 Å². The second-order valence-corrected chi connectivity index (χ2v) is 26.4. The average molecular weight is 1220 g/mol. The zero-order valence-electron chi connectivity index (χ0n) is 50.7. The average Bonchev–Trinajstić information content (AvgIpc) is 1.37. The Morgan fingerprint density at radius 2 is 1.51 bits per heavy atom. The van der Waals surface area contributed by atoms with Crippen LogP contribution >= 0.6 is 11.6 Å². The van der Waals surface area contributed by atoms with E-state index in [9.17, 15) is 54.9 Å². The number of fused-ring (bicyclic) bond motifs is 8. The van der Waals surface area contributed by atoms with E-state index in [2.05, 4.69) is 19.7 Å². The molecule has 7 aliphatic heterocycles. The molecule has 24 atom stereocenters. The summed E-state index contributed by atoms with van der Waals surface area (Å²) in [5, 5.41) is 82.6. The van der Waals surface area contributed by atoms with Gasteiger partial charge in [0.15, 0.2) is 17.4 Å². The van der Waals surface area contributed by atoms with Crippen molar-refractivity contribution in [2.24, 2.45) is 29.6 Å². The van der Waals surface area contributed by atoms with Crippen molar-refractivity contribution in [2.45, 2.75) is 265 Å². The zero-order chi connectivity index (χ0) is 62.5. The van der Waals surface area contributed by atoms with E-state index < -0.39 is 175 Å². The van der Waals surface area contributed by atoms with Gasteiger partial charge >= 0.3 is 17.9 Å². The van der Waals surface area contributed by atoms with E-state index in [1.165, 1.54) is 26.2 Å². The number of Topliss-reactive ketones (excluding diaryl/α,β-unsaturated/α-hetero) is 1. The SMILES string of the molecule is C=C(Cl)/C=C/C(O)CC(=C)CC1OC2C(C)C(OC(=O)CC3CC(OC(C)=O)CC4(CC(C)(O)CC(CC(=C)C(C)C(C(=O)OC)C(C)C(=O)CC5CC(OC)CC6(CC(O)CC(/C=C\CCCC7OC(O)(CC(O)C7C)C2O)O6)O5)O4)O3)C1O. The lowest BCUT2D eigenvalue weighted by Gasteiger charge is -2.52. The number of ketones is 1. The van der Waals surface area contributed by atoms with Crippen LogP contribution in [-0.2, 0) is 66.5 Å². The Bertz CT molecular complexity index is 2430. The fourth-order valence-electron chi connectivity index (χ4n) is 14.3. The number of rotatable bonds is 9. The Balaban J connectivity index is 1.22. The molecule has 0 aliphatic carbocycles. The lowest BCUT2D eigenvalue weighted by atomic mass is 9.74. The first kappa shape index (κ1) is 69.0. The minimum atomic E-state index is -2.41. The van der Waals surface area contributed by atoms with Gasteiger partial charge in [0.2, 0.25) is 0 Å². The molecule has 6 fully saturated rings. The second kappa shape index (κ2) is 29.0. The number of hydrogen-bond acceptors (Lipinski definition) is 21. The number of aliphatic hydroxyl groups excluding tert-OH is 5. The number of ether oxygens (including phenoxy) is 10. The zero-order valence-corrected chi connectivity index (χ0v) is 51.5. The Hall–Kier alpha value is -3.49. The van der Waals surface area contributed by atoms with Crippen molar-refractivity contribution in [3.05, 3.63) is 60.2 Å². The summed E-state index contributed by atoms with van der Waals surface area (Å²) in [5.74, 6) is -11.9. The molecule has 0 aromatic carbocycles. The number of halogens is 1. The minimum absolute atomic E-state index is 0.00363. The van der Waals surface area contributed by atoms with Gasteiger partial charge in [-0.25, -0.2) is 0 Å². The molecule has 21 nitrogen and oxygen atoms in total. The van der Waals surface area contributed by atoms with Crippen molar-refractivity contribution in [3.63, 3.8) is 0 Å². The molecule has 7 aliphatic rings. The lowest BCUT2D eigenvalue weighted by molar-refractivity contribution is -0.351. The van der Waals surface area contributed by atoms with Crippen LogP contribution < -0.4 is 0 Å². The first-order valence-electron chi connectivity index (χ1n) is 30.3. The number of carbonyl (C=O) groups excluding carboxylic acids is 4. The third-order valence-corrected chi connectivity index (χ3v) is 18.7. The summed E-state index contributed by atoms with van der Waals surface area (Å²) in [4.78, 5) is 55.3. The van der Waals surface area contributed by atoms with Crippen molar-refractivity contribution in [1.82, 2.24) is 0 Å². The maximum atomic E-state index is 14.5. The Kier molecular flexibility index (Phi) is 23.5. The monoisotopic (exact) mass is 1220 g/mol. The maximum absolute atomic E-state index is 14.5. The standard InChI is InChI=1S/C63H95ClO21/c1-33(19-41(66)18-17-35(3)64)20-52-55(71)56-39(7)57(79-52)58(72)63(75)31-50(69)37(5)51(85-63)16-14-12-13-15-43-22-42(67)27-61(81-43)29-46(76-10)23-44(82-61)25-49(68)38(6)54(59(73)77-11)36(4)34(2)21-48-28-60(9,74)32-62(84-48)30-47(78-40(8)65)24-45(83-62)26-53(70)80-56/h13,15,17-18,36-39,41-48,50-52,54-58,66-67,69,71-72,74-75H,1-3,12,14,16,19-32H2,4-11H3/b15-13-,18-17+. The van der Waals surface area contributed by atoms with Crippen LogP contribution in [0.2, 0.25) is 0 Å². The van der Waals surface area contributed by atoms with Crippen LogP contribution in [0.15, 0.2) is 60.2 Å². The van der Waals surface area contributed by atoms with Gasteiger partial charge in [0.1, 0.15) is 30.2 Å². The smallest absolute Gasteiger partial charge is 0.309 e. The molecular weight excluding hydrogens is 1130 g/mol. The van der Waals surface area contributed by atoms with Crippen LogP contribution in [0.25, 0.3) is 0 Å². The third kappa shape index (κ3) is 17.7. The molecule has 0 radical (unpaired) electrons. The molecule has 7 heterocycles. The minimum Gasteiger partial charge on any atom is -0.469 e. The highest BCUT2D eigenvalue weighted by Crippen LogP contribution is 2.48. The third-order valence-electron chi connectivity index (χ3n) is 18.6. The molecule has 6 saturated heterocycles. The summed E-state index contributed by atoms with van der Waals surface area (Å²) in [6.45, 7) is 21.7. The van der Waals surface area contributed by atoms with Gasteiger partial charge < -0.3 is 83.1 Å². The van der Waals surface area contributed by atoms with Crippen LogP contribution in [0.1, 0.15) is 151 Å². The fraction of sp³-hybridized carbons (Fsp3) is 0.778. The molecule has 10 bridgehead atoms. The number of esters is 3. The topological polar surface area (TPSA) is 302 Å². The molecule has 0 aromatic heterocycles. The Morgan fingerprint density at radius 3 is 2.19 bits per heavy atom. The van der Waals surface area contributed by atoms with Crippen molar-refractivity contribution in [3.8, 4) is 0 Å². The fourth-order valence-corrected chi connectivity index (χ4v) is 14.4. The van der Waals surface area contributed by atoms with Gasteiger partial charge in [0, 0.05) is 101 Å². The number of methoxy groups -OCH3 is 2. The number of carbonyl (C=O) groups is 4. The summed E-state index contributed by atoms with van der Waals surface area (Å²) in [5.41, 5.74) is -0.540. The van der Waals surface area contributed by atoms with Gasteiger partial charge in [0.25, 0.3) is 0 Å². The molecule has 7 rings (SSSR count). The number of hydrogen-bond donors (Lipinski definition) is 7. The largest absolute Gasteiger partial charge is 0.469 e. The Labute approximate surface area is 505 Å². The van der Waals surface area contributed by atoms with E-state index >= 15 is 0 Å². The van der Waals surface area contributed by atoms with Gasteiger partial charge in [-0.2, -0.15) is 0 Å². The number of aliphatic hydroxyl groups is 7. The van der Waals surface area contributed by atoms with Gasteiger partial charge in [-0.05, 0) is 57.4 Å². The summed E-state index contributed by atoms with van der Waals surface area (Å²) in [7, 11) is 2.82. The first-order chi connectivity index (χ1) is 39.9. The van der Waals surface area contributed by atoms with E-state index in [4.69, 9.17) is 59.0 Å². The molecular formula is C63H95ClO21. The molecule has 85 heavy (non-hydrogen) atoms.